The van der Waals surface area contributed by atoms with Gasteiger partial charge in [0.2, 0.25) is 5.91 Å². The average molecular weight is 423 g/mol. The first-order valence-corrected chi connectivity index (χ1v) is 9.60. The Balaban J connectivity index is 2.30. The number of thiocarbonyl (C=S) groups is 1. The van der Waals surface area contributed by atoms with Crippen molar-refractivity contribution in [3.63, 3.8) is 0 Å². The molecule has 0 atom stereocenters. The number of benzene rings is 2. The number of amides is 3. The standard InChI is InChI=1S/C17H17N3O6S2/c1-11(21)18-14-9-8-12(10-15(14)19-16(22)20-17(27)25-2)26-28(23,24)13-6-4-3-5-7-13/h3-10H,1-2H3,(H,18,21)(H2,19,20,22,27). The van der Waals surface area contributed by atoms with Crippen LogP contribution in [0, 0.1) is 0 Å². The van der Waals surface area contributed by atoms with Crippen molar-refractivity contribution in [2.24, 2.45) is 0 Å². The van der Waals surface area contributed by atoms with E-state index in [0.29, 0.717) is 0 Å². The highest BCUT2D eigenvalue weighted by atomic mass is 32.2. The second-order valence-electron chi connectivity index (χ2n) is 5.31. The molecule has 3 amide bonds. The zero-order chi connectivity index (χ0) is 20.7. The highest BCUT2D eigenvalue weighted by Crippen LogP contribution is 2.29. The third-order valence-electron chi connectivity index (χ3n) is 3.19. The fraction of sp³-hybridized carbons (Fsp3) is 0.118. The lowest BCUT2D eigenvalue weighted by Crippen LogP contribution is -2.34. The van der Waals surface area contributed by atoms with Gasteiger partial charge < -0.3 is 19.6 Å². The SMILES string of the molecule is COC(=S)NC(=O)Nc1cc(OS(=O)(=O)c2ccccc2)ccc1NC(C)=O. The van der Waals surface area contributed by atoms with Crippen molar-refractivity contribution in [3.8, 4) is 5.75 Å². The first-order valence-electron chi connectivity index (χ1n) is 7.78. The molecule has 0 aliphatic rings. The van der Waals surface area contributed by atoms with Crippen LogP contribution < -0.4 is 20.1 Å². The smallest absolute Gasteiger partial charge is 0.339 e. The van der Waals surface area contributed by atoms with Crippen molar-refractivity contribution in [2.45, 2.75) is 11.8 Å². The van der Waals surface area contributed by atoms with E-state index < -0.39 is 16.1 Å². The maximum Gasteiger partial charge on any atom is 0.339 e. The highest BCUT2D eigenvalue weighted by molar-refractivity contribution is 7.87. The van der Waals surface area contributed by atoms with E-state index in [9.17, 15) is 18.0 Å². The van der Waals surface area contributed by atoms with Crippen molar-refractivity contribution in [2.75, 3.05) is 17.7 Å². The lowest BCUT2D eigenvalue weighted by atomic mass is 10.2. The van der Waals surface area contributed by atoms with Gasteiger partial charge >= 0.3 is 16.1 Å². The van der Waals surface area contributed by atoms with Crippen molar-refractivity contribution in [1.82, 2.24) is 5.32 Å². The maximum atomic E-state index is 12.4. The summed E-state index contributed by atoms with van der Waals surface area (Å²) in [6.07, 6.45) is 0. The van der Waals surface area contributed by atoms with Gasteiger partial charge in [-0.3, -0.25) is 10.1 Å². The van der Waals surface area contributed by atoms with Gasteiger partial charge in [0.15, 0.2) is 0 Å². The molecule has 28 heavy (non-hydrogen) atoms. The molecule has 0 aromatic heterocycles. The molecule has 0 saturated carbocycles. The van der Waals surface area contributed by atoms with Crippen LogP contribution in [-0.2, 0) is 19.6 Å². The van der Waals surface area contributed by atoms with Crippen LogP contribution >= 0.6 is 12.2 Å². The minimum Gasteiger partial charge on any atom is -0.474 e. The zero-order valence-electron chi connectivity index (χ0n) is 14.9. The molecular formula is C17H17N3O6S2. The number of rotatable bonds is 5. The number of carbonyl (C=O) groups is 2. The van der Waals surface area contributed by atoms with Crippen LogP contribution in [0.25, 0.3) is 0 Å². The van der Waals surface area contributed by atoms with E-state index in [4.69, 9.17) is 16.4 Å². The Morgan fingerprint density at radius 3 is 2.29 bits per heavy atom. The van der Waals surface area contributed by atoms with Gasteiger partial charge in [-0.1, -0.05) is 18.2 Å². The third-order valence-corrected chi connectivity index (χ3v) is 4.72. The van der Waals surface area contributed by atoms with Crippen LogP contribution in [0.5, 0.6) is 5.75 Å². The van der Waals surface area contributed by atoms with Crippen LogP contribution in [0.3, 0.4) is 0 Å². The number of ether oxygens (including phenoxy) is 1. The molecule has 0 fully saturated rings. The second-order valence-corrected chi connectivity index (χ2v) is 7.23. The molecule has 0 unspecified atom stereocenters. The highest BCUT2D eigenvalue weighted by Gasteiger charge is 2.18. The first-order chi connectivity index (χ1) is 13.2. The topological polar surface area (TPSA) is 123 Å². The number of methoxy groups -OCH3 is 1. The summed E-state index contributed by atoms with van der Waals surface area (Å²) in [6, 6.07) is 10.8. The van der Waals surface area contributed by atoms with E-state index >= 15 is 0 Å². The molecule has 9 nitrogen and oxygen atoms in total. The monoisotopic (exact) mass is 423 g/mol. The maximum absolute atomic E-state index is 12.4. The quantitative estimate of drug-likeness (QED) is 0.499. The number of hydrogen-bond acceptors (Lipinski definition) is 7. The Morgan fingerprint density at radius 1 is 1.00 bits per heavy atom. The summed E-state index contributed by atoms with van der Waals surface area (Å²) < 4.78 is 34.5. The largest absolute Gasteiger partial charge is 0.474 e. The van der Waals surface area contributed by atoms with Gasteiger partial charge in [0, 0.05) is 13.0 Å². The van der Waals surface area contributed by atoms with Gasteiger partial charge in [0.05, 0.1) is 18.5 Å². The van der Waals surface area contributed by atoms with E-state index in [1.54, 1.807) is 18.2 Å². The van der Waals surface area contributed by atoms with Gasteiger partial charge in [-0.25, -0.2) is 4.79 Å². The summed E-state index contributed by atoms with van der Waals surface area (Å²) in [7, 11) is -2.79. The molecule has 148 valence electrons. The van der Waals surface area contributed by atoms with Crippen molar-refractivity contribution in [1.29, 1.82) is 0 Å². The summed E-state index contributed by atoms with van der Waals surface area (Å²) in [5.74, 6) is -0.455. The fourth-order valence-corrected chi connectivity index (χ4v) is 3.07. The molecule has 0 radical (unpaired) electrons. The van der Waals surface area contributed by atoms with E-state index in [0.717, 1.165) is 0 Å². The van der Waals surface area contributed by atoms with Crippen LogP contribution in [0.15, 0.2) is 53.4 Å². The third kappa shape index (κ3) is 5.93. The van der Waals surface area contributed by atoms with Gasteiger partial charge in [-0.15, -0.1) is 0 Å². The van der Waals surface area contributed by atoms with E-state index in [1.807, 2.05) is 0 Å². The Morgan fingerprint density at radius 2 is 1.68 bits per heavy atom. The van der Waals surface area contributed by atoms with Crippen molar-refractivity contribution < 1.29 is 26.9 Å². The van der Waals surface area contributed by atoms with E-state index in [1.165, 1.54) is 44.4 Å². The molecule has 2 aromatic rings. The van der Waals surface area contributed by atoms with Gasteiger partial charge in [-0.2, -0.15) is 8.42 Å². The molecule has 0 saturated heterocycles. The van der Waals surface area contributed by atoms with Crippen LogP contribution in [0.1, 0.15) is 6.92 Å². The molecule has 11 heteroatoms. The summed E-state index contributed by atoms with van der Waals surface area (Å²) >= 11 is 4.73. The zero-order valence-corrected chi connectivity index (χ0v) is 16.5. The number of anilines is 2. The Bertz CT molecular complexity index is 993. The number of urea groups is 1. The fourth-order valence-electron chi connectivity index (χ4n) is 2.04. The summed E-state index contributed by atoms with van der Waals surface area (Å²) in [4.78, 5) is 23.3. The first kappa shape index (κ1) is 21.1. The van der Waals surface area contributed by atoms with E-state index in [2.05, 4.69) is 20.7 Å². The average Bonchev–Trinajstić information content (AvgIpc) is 2.63. The van der Waals surface area contributed by atoms with Gasteiger partial charge in [-0.05, 0) is 36.5 Å². The van der Waals surface area contributed by atoms with Crippen molar-refractivity contribution in [3.05, 3.63) is 48.5 Å². The number of carbonyl (C=O) groups excluding carboxylic acids is 2. The Hall–Kier alpha value is -3.18. The summed E-state index contributed by atoms with van der Waals surface area (Å²) in [6.45, 7) is 1.29. The summed E-state index contributed by atoms with van der Waals surface area (Å²) in [5, 5.41) is 7.03. The molecule has 0 spiro atoms. The summed E-state index contributed by atoms with van der Waals surface area (Å²) in [5.41, 5.74) is 0.322. The Kier molecular flexibility index (Phi) is 6.90. The molecule has 0 heterocycles. The Labute approximate surface area is 167 Å². The number of nitrogens with one attached hydrogen (secondary N) is 3. The number of hydrogen-bond donors (Lipinski definition) is 3. The minimum atomic E-state index is -4.07. The lowest BCUT2D eigenvalue weighted by molar-refractivity contribution is -0.114. The molecule has 0 aliphatic heterocycles. The molecular weight excluding hydrogens is 406 g/mol. The van der Waals surface area contributed by atoms with Crippen LogP contribution in [0.2, 0.25) is 0 Å². The molecule has 3 N–H and O–H groups in total. The van der Waals surface area contributed by atoms with Crippen LogP contribution in [0.4, 0.5) is 16.2 Å². The van der Waals surface area contributed by atoms with Gasteiger partial charge in [0.25, 0.3) is 5.17 Å². The predicted molar refractivity (Wildman–Crippen MR) is 107 cm³/mol. The molecule has 0 bridgehead atoms. The molecule has 2 rings (SSSR count). The van der Waals surface area contributed by atoms with Crippen molar-refractivity contribution >= 4 is 50.8 Å². The minimum absolute atomic E-state index is 0.0290. The predicted octanol–water partition coefficient (Wildman–Crippen LogP) is 2.47. The van der Waals surface area contributed by atoms with E-state index in [-0.39, 0.29) is 33.1 Å². The second kappa shape index (κ2) is 9.15. The lowest BCUT2D eigenvalue weighted by Gasteiger charge is -2.14. The normalized spacial score (nSPS) is 10.5. The van der Waals surface area contributed by atoms with Crippen LogP contribution in [-0.4, -0.2) is 32.6 Å². The molecule has 2 aromatic carbocycles. The van der Waals surface area contributed by atoms with Gasteiger partial charge in [0.1, 0.15) is 10.6 Å². The molecule has 0 aliphatic carbocycles.